The monoisotopic (exact) mass is 364 g/mol. The van der Waals surface area contributed by atoms with Crippen LogP contribution in [-0.2, 0) is 6.54 Å². The van der Waals surface area contributed by atoms with E-state index in [1.54, 1.807) is 0 Å². The van der Waals surface area contributed by atoms with Crippen molar-refractivity contribution in [1.29, 1.82) is 0 Å². The molecule has 1 aliphatic heterocycles. The summed E-state index contributed by atoms with van der Waals surface area (Å²) in [4.78, 5) is 0. The Morgan fingerprint density at radius 3 is 2.95 bits per heavy atom. The Bertz CT molecular complexity index is 412. The number of nitrogens with one attached hydrogen (secondary N) is 1. The second-order valence-electron chi connectivity index (χ2n) is 4.66. The molecule has 1 fully saturated rings. The van der Waals surface area contributed by atoms with Crippen LogP contribution in [0.4, 0.5) is 0 Å². The molecule has 3 atom stereocenters. The van der Waals surface area contributed by atoms with Gasteiger partial charge in [0.05, 0.1) is 22.4 Å². The molecule has 0 saturated carbocycles. The Hall–Kier alpha value is 0.310. The highest BCUT2D eigenvalue weighted by Gasteiger charge is 2.33. The predicted molar refractivity (Wildman–Crippen MR) is 88.4 cm³/mol. The molecule has 7 heteroatoms. The standard InChI is InChI=1S/C12H21BrN4S2/c1-3-4-17-11(9(13)7-15-17)10(16-14)12-8(2)18-5-6-19-12/h7-8,10,12,16H,3-6,14H2,1-2H3. The summed E-state index contributed by atoms with van der Waals surface area (Å²) in [7, 11) is 0. The maximum absolute atomic E-state index is 5.86. The normalized spacial score (nSPS) is 25.5. The quantitative estimate of drug-likeness (QED) is 0.621. The first kappa shape index (κ1) is 15.7. The lowest BCUT2D eigenvalue weighted by atomic mass is 10.1. The summed E-state index contributed by atoms with van der Waals surface area (Å²) in [6.07, 6.45) is 2.95. The molecular formula is C12H21BrN4S2. The van der Waals surface area contributed by atoms with E-state index in [9.17, 15) is 0 Å². The first-order valence-corrected chi connectivity index (χ1v) is 9.48. The highest BCUT2D eigenvalue weighted by atomic mass is 79.9. The van der Waals surface area contributed by atoms with Crippen molar-refractivity contribution in [2.75, 3.05) is 11.5 Å². The van der Waals surface area contributed by atoms with Crippen LogP contribution in [0.15, 0.2) is 10.7 Å². The van der Waals surface area contributed by atoms with E-state index in [1.165, 1.54) is 17.2 Å². The molecule has 2 heterocycles. The van der Waals surface area contributed by atoms with E-state index in [0.717, 1.165) is 17.4 Å². The SMILES string of the molecule is CCCn1ncc(Br)c1C(NN)C1SCCSC1C. The molecule has 0 spiro atoms. The Labute approximate surface area is 131 Å². The zero-order valence-corrected chi connectivity index (χ0v) is 14.5. The van der Waals surface area contributed by atoms with Crippen molar-refractivity contribution in [3.05, 3.63) is 16.4 Å². The molecule has 3 N–H and O–H groups in total. The van der Waals surface area contributed by atoms with Gasteiger partial charge < -0.3 is 0 Å². The van der Waals surface area contributed by atoms with Crippen molar-refractivity contribution in [2.24, 2.45) is 5.84 Å². The van der Waals surface area contributed by atoms with Gasteiger partial charge in [0, 0.05) is 28.6 Å². The van der Waals surface area contributed by atoms with Crippen LogP contribution in [0.5, 0.6) is 0 Å². The molecule has 0 radical (unpaired) electrons. The minimum atomic E-state index is 0.135. The van der Waals surface area contributed by atoms with Crippen LogP contribution in [0.3, 0.4) is 0 Å². The molecule has 1 saturated heterocycles. The average molecular weight is 365 g/mol. The number of hydrogen-bond acceptors (Lipinski definition) is 5. The van der Waals surface area contributed by atoms with Crippen molar-refractivity contribution in [2.45, 2.75) is 43.4 Å². The summed E-state index contributed by atoms with van der Waals surface area (Å²) in [5, 5.41) is 5.53. The Balaban J connectivity index is 2.27. The number of rotatable bonds is 5. The summed E-state index contributed by atoms with van der Waals surface area (Å²) in [5.74, 6) is 8.28. The van der Waals surface area contributed by atoms with E-state index in [2.05, 4.69) is 45.0 Å². The fraction of sp³-hybridized carbons (Fsp3) is 0.750. The van der Waals surface area contributed by atoms with Crippen molar-refractivity contribution in [3.63, 3.8) is 0 Å². The molecule has 108 valence electrons. The van der Waals surface area contributed by atoms with E-state index < -0.39 is 0 Å². The fourth-order valence-corrected chi connectivity index (χ4v) is 5.86. The minimum absolute atomic E-state index is 0.135. The van der Waals surface area contributed by atoms with E-state index in [-0.39, 0.29) is 6.04 Å². The van der Waals surface area contributed by atoms with Crippen LogP contribution in [0, 0.1) is 0 Å². The molecule has 4 nitrogen and oxygen atoms in total. The lowest BCUT2D eigenvalue weighted by Gasteiger charge is -2.34. The largest absolute Gasteiger partial charge is 0.271 e. The number of hydrazine groups is 1. The maximum atomic E-state index is 5.86. The molecule has 19 heavy (non-hydrogen) atoms. The number of halogens is 1. The summed E-state index contributed by atoms with van der Waals surface area (Å²) >= 11 is 7.66. The number of aromatic nitrogens is 2. The molecule has 1 aliphatic rings. The molecule has 0 aromatic carbocycles. The van der Waals surface area contributed by atoms with Gasteiger partial charge in [-0.05, 0) is 22.4 Å². The zero-order chi connectivity index (χ0) is 13.8. The van der Waals surface area contributed by atoms with Crippen LogP contribution in [0.2, 0.25) is 0 Å². The van der Waals surface area contributed by atoms with E-state index in [4.69, 9.17) is 5.84 Å². The summed E-state index contributed by atoms with van der Waals surface area (Å²) < 4.78 is 3.12. The highest BCUT2D eigenvalue weighted by molar-refractivity contribution is 9.10. The number of nitrogens with zero attached hydrogens (tertiary/aromatic N) is 2. The molecule has 0 amide bonds. The van der Waals surface area contributed by atoms with Gasteiger partial charge in [-0.3, -0.25) is 16.0 Å². The average Bonchev–Trinajstić information content (AvgIpc) is 2.75. The lowest BCUT2D eigenvalue weighted by molar-refractivity contribution is 0.463. The molecule has 1 aromatic heterocycles. The van der Waals surface area contributed by atoms with Crippen molar-refractivity contribution in [3.8, 4) is 0 Å². The number of hydrogen-bond donors (Lipinski definition) is 2. The van der Waals surface area contributed by atoms with Crippen molar-refractivity contribution in [1.82, 2.24) is 15.2 Å². The molecule has 1 aromatic rings. The van der Waals surface area contributed by atoms with Gasteiger partial charge in [0.1, 0.15) is 0 Å². The second-order valence-corrected chi connectivity index (χ2v) is 8.28. The molecule has 2 rings (SSSR count). The minimum Gasteiger partial charge on any atom is -0.271 e. The van der Waals surface area contributed by atoms with Gasteiger partial charge in [0.2, 0.25) is 0 Å². The van der Waals surface area contributed by atoms with Crippen LogP contribution >= 0.6 is 39.5 Å². The second kappa shape index (κ2) is 7.36. The van der Waals surface area contributed by atoms with Gasteiger partial charge >= 0.3 is 0 Å². The van der Waals surface area contributed by atoms with Crippen LogP contribution in [-0.4, -0.2) is 31.8 Å². The van der Waals surface area contributed by atoms with Gasteiger partial charge in [0.15, 0.2) is 0 Å². The van der Waals surface area contributed by atoms with E-state index in [1.807, 2.05) is 29.7 Å². The van der Waals surface area contributed by atoms with Crippen molar-refractivity contribution >= 4 is 39.5 Å². The zero-order valence-electron chi connectivity index (χ0n) is 11.3. The number of aryl methyl sites for hydroxylation is 1. The van der Waals surface area contributed by atoms with E-state index >= 15 is 0 Å². The van der Waals surface area contributed by atoms with Gasteiger partial charge in [-0.25, -0.2) is 0 Å². The highest BCUT2D eigenvalue weighted by Crippen LogP contribution is 2.40. The van der Waals surface area contributed by atoms with Crippen LogP contribution < -0.4 is 11.3 Å². The third-order valence-corrected chi connectivity index (χ3v) is 7.11. The summed E-state index contributed by atoms with van der Waals surface area (Å²) in [6.45, 7) is 5.39. The maximum Gasteiger partial charge on any atom is 0.0769 e. The smallest absolute Gasteiger partial charge is 0.0769 e. The number of thioether (sulfide) groups is 2. The molecule has 3 unspecified atom stereocenters. The Morgan fingerprint density at radius 2 is 2.32 bits per heavy atom. The number of nitrogens with two attached hydrogens (primary N) is 1. The Morgan fingerprint density at radius 1 is 1.58 bits per heavy atom. The third kappa shape index (κ3) is 3.50. The van der Waals surface area contributed by atoms with Gasteiger partial charge in [-0.1, -0.05) is 13.8 Å². The summed E-state index contributed by atoms with van der Waals surface area (Å²) in [5.41, 5.74) is 4.20. The van der Waals surface area contributed by atoms with Gasteiger partial charge in [-0.15, -0.1) is 0 Å². The fourth-order valence-electron chi connectivity index (χ4n) is 2.42. The first-order valence-electron chi connectivity index (χ1n) is 6.59. The Kier molecular flexibility index (Phi) is 6.08. The van der Waals surface area contributed by atoms with Gasteiger partial charge in [0.25, 0.3) is 0 Å². The third-order valence-electron chi connectivity index (χ3n) is 3.31. The van der Waals surface area contributed by atoms with Crippen molar-refractivity contribution < 1.29 is 0 Å². The predicted octanol–water partition coefficient (Wildman–Crippen LogP) is 2.80. The molecular weight excluding hydrogens is 344 g/mol. The topological polar surface area (TPSA) is 55.9 Å². The molecule has 0 aliphatic carbocycles. The first-order chi connectivity index (χ1) is 9.19. The van der Waals surface area contributed by atoms with Crippen LogP contribution in [0.1, 0.15) is 32.0 Å². The van der Waals surface area contributed by atoms with Gasteiger partial charge in [-0.2, -0.15) is 28.6 Å². The van der Waals surface area contributed by atoms with E-state index in [0.29, 0.717) is 10.5 Å². The summed E-state index contributed by atoms with van der Waals surface area (Å²) in [6, 6.07) is 0.135. The van der Waals surface area contributed by atoms with Crippen LogP contribution in [0.25, 0.3) is 0 Å². The molecule has 0 bridgehead atoms. The lowest BCUT2D eigenvalue weighted by Crippen LogP contribution is -2.42.